The third kappa shape index (κ3) is 5.80. The van der Waals surface area contributed by atoms with E-state index in [1.165, 1.54) is 5.01 Å². The smallest absolute Gasteiger partial charge is 0.254 e. The molecule has 2 aliphatic rings. The number of hydrazine groups is 1. The fraction of sp³-hybridized carbons (Fsp3) is 0.355. The Bertz CT molecular complexity index is 1470. The van der Waals surface area contributed by atoms with Gasteiger partial charge in [0.15, 0.2) is 0 Å². The van der Waals surface area contributed by atoms with Crippen LogP contribution in [0, 0.1) is 5.92 Å². The number of nitrogens with zero attached hydrogens (tertiary/aromatic N) is 4. The molecule has 0 unspecified atom stereocenters. The van der Waals surface area contributed by atoms with Crippen molar-refractivity contribution in [2.75, 3.05) is 33.4 Å². The zero-order valence-electron chi connectivity index (χ0n) is 23.1. The van der Waals surface area contributed by atoms with Gasteiger partial charge in [-0.15, -0.1) is 0 Å². The van der Waals surface area contributed by atoms with Gasteiger partial charge in [0.25, 0.3) is 5.91 Å². The molecular weight excluding hydrogens is 507 g/mol. The zero-order valence-corrected chi connectivity index (χ0v) is 23.1. The van der Waals surface area contributed by atoms with Gasteiger partial charge in [-0.25, -0.2) is 10.2 Å². The Balaban J connectivity index is 0.000000477. The number of allylic oxidation sites excluding steroid dienone is 1. The van der Waals surface area contributed by atoms with E-state index in [1.54, 1.807) is 18.1 Å². The number of alkyl halides is 1. The molecular formula is C31H37FN6O2. The number of hydrogen-bond acceptors (Lipinski definition) is 6. The molecule has 1 amide bonds. The van der Waals surface area contributed by atoms with E-state index in [9.17, 15) is 9.18 Å². The van der Waals surface area contributed by atoms with Gasteiger partial charge in [0, 0.05) is 55.2 Å². The van der Waals surface area contributed by atoms with E-state index >= 15 is 0 Å². The molecule has 2 saturated heterocycles. The Morgan fingerprint density at radius 2 is 1.68 bits per heavy atom. The van der Waals surface area contributed by atoms with Gasteiger partial charge < -0.3 is 24.9 Å². The third-order valence-corrected chi connectivity index (χ3v) is 7.52. The summed E-state index contributed by atoms with van der Waals surface area (Å²) in [5.74, 6) is 6.39. The van der Waals surface area contributed by atoms with Crippen LogP contribution in [0.25, 0.3) is 27.6 Å². The molecule has 2 aromatic heterocycles. The molecule has 4 N–H and O–H groups in total. The highest BCUT2D eigenvalue weighted by atomic mass is 19.1. The first-order valence-electron chi connectivity index (χ1n) is 13.7. The maximum absolute atomic E-state index is 13.3. The largest absolute Gasteiger partial charge is 0.401 e. The zero-order chi connectivity index (χ0) is 28.2. The van der Waals surface area contributed by atoms with Crippen LogP contribution < -0.4 is 11.6 Å². The van der Waals surface area contributed by atoms with Crippen molar-refractivity contribution in [1.82, 2.24) is 19.5 Å². The lowest BCUT2D eigenvalue weighted by molar-refractivity contribution is 0.0400. The standard InChI is InChI=1S/C25H31FN6O2.C6H6/c1-15(27)24(30(2)28)18-10-22-23(29-11-18)20-4-3-17(25(33)31-13-19(26)14-31)9-21(20)32(22)12-16-5-7-34-8-6-16;1-2-4-6-5-3-1/h3-4,9-11,16,19H,5-8,12-14,27-28H2,1-2H3;1-6H/b24-15-;. The summed E-state index contributed by atoms with van der Waals surface area (Å²) in [7, 11) is 1.75. The Hall–Kier alpha value is -3.95. The summed E-state index contributed by atoms with van der Waals surface area (Å²) in [5.41, 5.74) is 11.6. The second kappa shape index (κ2) is 12.1. The summed E-state index contributed by atoms with van der Waals surface area (Å²) < 4.78 is 21.1. The number of fused-ring (bicyclic) bond motifs is 3. The predicted molar refractivity (Wildman–Crippen MR) is 157 cm³/mol. The van der Waals surface area contributed by atoms with Crippen molar-refractivity contribution < 1.29 is 13.9 Å². The maximum Gasteiger partial charge on any atom is 0.254 e. The number of aromatic nitrogens is 2. The van der Waals surface area contributed by atoms with E-state index in [4.69, 9.17) is 21.3 Å². The number of amides is 1. The second-order valence-corrected chi connectivity index (χ2v) is 10.6. The van der Waals surface area contributed by atoms with Gasteiger partial charge in [0.2, 0.25) is 0 Å². The van der Waals surface area contributed by atoms with Gasteiger partial charge in [0.05, 0.1) is 35.3 Å². The Morgan fingerprint density at radius 3 is 2.25 bits per heavy atom. The summed E-state index contributed by atoms with van der Waals surface area (Å²) in [4.78, 5) is 19.2. The van der Waals surface area contributed by atoms with Crippen LogP contribution in [-0.2, 0) is 11.3 Å². The summed E-state index contributed by atoms with van der Waals surface area (Å²) in [6, 6.07) is 19.8. The minimum atomic E-state index is -0.927. The maximum atomic E-state index is 13.3. The average Bonchev–Trinajstić information content (AvgIpc) is 3.24. The highest BCUT2D eigenvalue weighted by Gasteiger charge is 2.31. The van der Waals surface area contributed by atoms with E-state index in [0.717, 1.165) is 60.1 Å². The first kappa shape index (κ1) is 27.6. The number of halogens is 1. The lowest BCUT2D eigenvalue weighted by atomic mass is 10.00. The first-order chi connectivity index (χ1) is 19.3. The van der Waals surface area contributed by atoms with Crippen molar-refractivity contribution in [3.8, 4) is 0 Å². The topological polar surface area (TPSA) is 103 Å². The van der Waals surface area contributed by atoms with Gasteiger partial charge >= 0.3 is 0 Å². The number of hydrogen-bond donors (Lipinski definition) is 2. The predicted octanol–water partition coefficient (Wildman–Crippen LogP) is 4.55. The Labute approximate surface area is 234 Å². The number of nitrogens with two attached hydrogens (primary N) is 2. The lowest BCUT2D eigenvalue weighted by Crippen LogP contribution is -2.51. The summed E-state index contributed by atoms with van der Waals surface area (Å²) in [6.45, 7) is 4.44. The molecule has 6 rings (SSSR count). The van der Waals surface area contributed by atoms with Crippen LogP contribution in [0.2, 0.25) is 0 Å². The molecule has 40 heavy (non-hydrogen) atoms. The number of carbonyl (C=O) groups excluding carboxylic acids is 1. The number of benzene rings is 2. The van der Waals surface area contributed by atoms with Crippen LogP contribution in [-0.4, -0.2) is 64.9 Å². The van der Waals surface area contributed by atoms with Crippen LogP contribution in [0.5, 0.6) is 0 Å². The molecule has 4 aromatic rings. The van der Waals surface area contributed by atoms with Gasteiger partial charge in [-0.3, -0.25) is 9.78 Å². The van der Waals surface area contributed by atoms with Crippen molar-refractivity contribution >= 4 is 33.5 Å². The van der Waals surface area contributed by atoms with Crippen molar-refractivity contribution in [2.24, 2.45) is 17.5 Å². The van der Waals surface area contributed by atoms with Crippen LogP contribution in [0.3, 0.4) is 0 Å². The molecule has 0 spiro atoms. The molecule has 9 heteroatoms. The van der Waals surface area contributed by atoms with Crippen molar-refractivity contribution in [3.63, 3.8) is 0 Å². The molecule has 2 fully saturated rings. The van der Waals surface area contributed by atoms with Gasteiger partial charge in [-0.2, -0.15) is 0 Å². The number of pyridine rings is 1. The Morgan fingerprint density at radius 1 is 1.05 bits per heavy atom. The molecule has 0 atom stereocenters. The highest BCUT2D eigenvalue weighted by Crippen LogP contribution is 2.33. The van der Waals surface area contributed by atoms with Crippen LogP contribution in [0.15, 0.2) is 72.6 Å². The van der Waals surface area contributed by atoms with E-state index in [0.29, 0.717) is 22.9 Å². The number of likely N-dealkylation sites (tertiary alicyclic amines) is 1. The molecule has 210 valence electrons. The number of carbonyl (C=O) groups is 1. The van der Waals surface area contributed by atoms with Crippen molar-refractivity contribution in [1.29, 1.82) is 0 Å². The first-order valence-corrected chi connectivity index (χ1v) is 13.7. The fourth-order valence-corrected chi connectivity index (χ4v) is 5.47. The lowest BCUT2D eigenvalue weighted by Gasteiger charge is -2.34. The number of ether oxygens (including phenoxy) is 1. The fourth-order valence-electron chi connectivity index (χ4n) is 5.47. The monoisotopic (exact) mass is 544 g/mol. The molecule has 0 radical (unpaired) electrons. The summed E-state index contributed by atoms with van der Waals surface area (Å²) in [6.07, 6.45) is 2.83. The van der Waals surface area contributed by atoms with E-state index < -0.39 is 6.17 Å². The van der Waals surface area contributed by atoms with Gasteiger partial charge in [0.1, 0.15) is 6.17 Å². The van der Waals surface area contributed by atoms with E-state index in [1.807, 2.05) is 61.5 Å². The molecule has 8 nitrogen and oxygen atoms in total. The summed E-state index contributed by atoms with van der Waals surface area (Å²) in [5, 5.41) is 2.49. The van der Waals surface area contributed by atoms with E-state index in [-0.39, 0.29) is 19.0 Å². The SMILES string of the molecule is C/C(N)=C(\c1cnc2c3ccc(C(=O)N4CC(F)C4)cc3n(CC3CCOCC3)c2c1)N(C)N.c1ccccc1. The second-order valence-electron chi connectivity index (χ2n) is 10.6. The summed E-state index contributed by atoms with van der Waals surface area (Å²) >= 11 is 0. The molecule has 4 heterocycles. The average molecular weight is 545 g/mol. The third-order valence-electron chi connectivity index (χ3n) is 7.52. The number of rotatable bonds is 5. The quantitative estimate of drug-likeness (QED) is 0.282. The molecule has 2 aromatic carbocycles. The molecule has 2 aliphatic heterocycles. The van der Waals surface area contributed by atoms with Crippen LogP contribution >= 0.6 is 0 Å². The normalized spacial score (nSPS) is 16.8. The van der Waals surface area contributed by atoms with Gasteiger partial charge in [-0.05, 0) is 49.9 Å². The molecule has 0 saturated carbocycles. The highest BCUT2D eigenvalue weighted by molar-refractivity contribution is 6.09. The van der Waals surface area contributed by atoms with Crippen molar-refractivity contribution in [3.05, 3.63) is 83.7 Å². The minimum Gasteiger partial charge on any atom is -0.401 e. The van der Waals surface area contributed by atoms with Crippen LogP contribution in [0.4, 0.5) is 4.39 Å². The minimum absolute atomic E-state index is 0.138. The Kier molecular flexibility index (Phi) is 8.32. The molecule has 0 aliphatic carbocycles. The van der Waals surface area contributed by atoms with Crippen molar-refractivity contribution in [2.45, 2.75) is 32.5 Å². The molecule has 0 bridgehead atoms. The van der Waals surface area contributed by atoms with Gasteiger partial charge in [-0.1, -0.05) is 36.4 Å². The van der Waals surface area contributed by atoms with Crippen LogP contribution in [0.1, 0.15) is 35.7 Å². The van der Waals surface area contributed by atoms with E-state index in [2.05, 4.69) is 10.6 Å².